The summed E-state index contributed by atoms with van der Waals surface area (Å²) in [7, 11) is -2.46. The molecule has 21 heavy (non-hydrogen) atoms. The maximum atomic E-state index is 11.7. The number of unbranched alkanes of at least 4 members (excludes halogenated alkanes) is 5. The Morgan fingerprint density at radius 2 is 1.81 bits per heavy atom. The standard InChI is InChI=1S/C14H27NO4S.K/c1-3-4-5-6-7-8-11-14(16)15(2)12-9-10-13-20(17,18)19;/h8,11H,3-7,9-10,12-13H2,1-2H3,(H,17,18,19);/q;+1/p-1/b11-8+;. The van der Waals surface area contributed by atoms with Crippen LogP contribution in [0.25, 0.3) is 0 Å². The fourth-order valence-electron chi connectivity index (χ4n) is 1.74. The Kier molecular flexibility index (Phi) is 16.4. The third-order valence-electron chi connectivity index (χ3n) is 3.00. The minimum atomic E-state index is -4.14. The van der Waals surface area contributed by atoms with E-state index >= 15 is 0 Å². The maximum Gasteiger partial charge on any atom is 1.00 e. The first-order valence-electron chi connectivity index (χ1n) is 7.22. The average molecular weight is 344 g/mol. The van der Waals surface area contributed by atoms with Crippen molar-refractivity contribution in [3.05, 3.63) is 12.2 Å². The second-order valence-electron chi connectivity index (χ2n) is 4.98. The number of carbonyl (C=O) groups is 1. The van der Waals surface area contributed by atoms with E-state index in [0.717, 1.165) is 12.8 Å². The summed E-state index contributed by atoms with van der Waals surface area (Å²) in [4.78, 5) is 13.2. The van der Waals surface area contributed by atoms with Crippen LogP contribution in [0.1, 0.15) is 51.9 Å². The molecule has 7 heteroatoms. The summed E-state index contributed by atoms with van der Waals surface area (Å²) < 4.78 is 31.2. The Hall–Kier alpha value is 0.756. The van der Waals surface area contributed by atoms with Gasteiger partial charge in [-0.05, 0) is 31.8 Å². The van der Waals surface area contributed by atoms with Crippen molar-refractivity contribution in [1.29, 1.82) is 0 Å². The van der Waals surface area contributed by atoms with Crippen molar-refractivity contribution < 1.29 is 69.1 Å². The molecule has 0 aromatic heterocycles. The van der Waals surface area contributed by atoms with Crippen LogP contribution in [-0.4, -0.2) is 43.1 Å². The molecule has 0 rings (SSSR count). The van der Waals surface area contributed by atoms with Crippen LogP contribution in [0.15, 0.2) is 12.2 Å². The van der Waals surface area contributed by atoms with Gasteiger partial charge in [-0.15, -0.1) is 0 Å². The summed E-state index contributed by atoms with van der Waals surface area (Å²) in [5.74, 6) is -0.437. The van der Waals surface area contributed by atoms with Gasteiger partial charge in [0.25, 0.3) is 0 Å². The number of hydrogen-bond acceptors (Lipinski definition) is 4. The zero-order chi connectivity index (χ0) is 15.4. The van der Waals surface area contributed by atoms with Gasteiger partial charge < -0.3 is 9.45 Å². The molecular formula is C14H26KNO4S. The number of likely N-dealkylation sites (N-methyl/N-ethyl adjacent to an activating group) is 1. The molecule has 0 spiro atoms. The van der Waals surface area contributed by atoms with Gasteiger partial charge >= 0.3 is 51.4 Å². The molecule has 0 atom stereocenters. The molecule has 0 aromatic carbocycles. The average Bonchev–Trinajstić information content (AvgIpc) is 2.37. The third kappa shape index (κ3) is 16.9. The van der Waals surface area contributed by atoms with Crippen LogP contribution in [0.3, 0.4) is 0 Å². The van der Waals surface area contributed by atoms with Crippen molar-refractivity contribution in [1.82, 2.24) is 4.90 Å². The van der Waals surface area contributed by atoms with E-state index in [1.54, 1.807) is 18.0 Å². The SMILES string of the molecule is CCCCCC/C=C/C(=O)N(C)CCCCS(=O)(=O)[O-].[K+]. The van der Waals surface area contributed by atoms with E-state index in [4.69, 9.17) is 0 Å². The van der Waals surface area contributed by atoms with E-state index in [0.29, 0.717) is 19.4 Å². The third-order valence-corrected chi connectivity index (χ3v) is 3.79. The predicted molar refractivity (Wildman–Crippen MR) is 79.3 cm³/mol. The van der Waals surface area contributed by atoms with Crippen LogP contribution in [0.5, 0.6) is 0 Å². The van der Waals surface area contributed by atoms with Crippen molar-refractivity contribution in [3.8, 4) is 0 Å². The zero-order valence-electron chi connectivity index (χ0n) is 13.5. The summed E-state index contributed by atoms with van der Waals surface area (Å²) in [5, 5.41) is 0. The first-order chi connectivity index (χ1) is 9.37. The number of rotatable bonds is 11. The van der Waals surface area contributed by atoms with E-state index in [9.17, 15) is 17.8 Å². The monoisotopic (exact) mass is 343 g/mol. The number of allylic oxidation sites excluding steroid dienone is 1. The van der Waals surface area contributed by atoms with E-state index in [-0.39, 0.29) is 63.0 Å². The van der Waals surface area contributed by atoms with Crippen molar-refractivity contribution in [2.45, 2.75) is 51.9 Å². The van der Waals surface area contributed by atoms with Crippen molar-refractivity contribution in [2.24, 2.45) is 0 Å². The van der Waals surface area contributed by atoms with Crippen LogP contribution < -0.4 is 51.4 Å². The topological polar surface area (TPSA) is 77.5 Å². The molecule has 0 aliphatic rings. The van der Waals surface area contributed by atoms with Crippen LogP contribution in [0.4, 0.5) is 0 Å². The predicted octanol–water partition coefficient (Wildman–Crippen LogP) is -0.699. The van der Waals surface area contributed by atoms with E-state index < -0.39 is 10.1 Å². The fraction of sp³-hybridized carbons (Fsp3) is 0.786. The smallest absolute Gasteiger partial charge is 0.748 e. The van der Waals surface area contributed by atoms with E-state index in [1.165, 1.54) is 19.3 Å². The second-order valence-corrected chi connectivity index (χ2v) is 6.50. The minimum Gasteiger partial charge on any atom is -0.748 e. The Bertz CT molecular complexity index is 396. The van der Waals surface area contributed by atoms with Crippen LogP contribution in [0.2, 0.25) is 0 Å². The molecule has 0 bridgehead atoms. The summed E-state index contributed by atoms with van der Waals surface area (Å²) in [6.07, 6.45) is 9.89. The zero-order valence-corrected chi connectivity index (χ0v) is 17.4. The van der Waals surface area contributed by atoms with E-state index in [1.807, 2.05) is 6.08 Å². The molecule has 0 N–H and O–H groups in total. The van der Waals surface area contributed by atoms with Gasteiger partial charge in [-0.3, -0.25) is 4.79 Å². The molecule has 0 saturated carbocycles. The Morgan fingerprint density at radius 3 is 2.38 bits per heavy atom. The Morgan fingerprint density at radius 1 is 1.14 bits per heavy atom. The van der Waals surface area contributed by atoms with Gasteiger partial charge in [0.2, 0.25) is 5.91 Å². The number of nitrogens with zero attached hydrogens (tertiary/aromatic N) is 1. The minimum absolute atomic E-state index is 0. The van der Waals surface area contributed by atoms with Gasteiger partial charge in [0.15, 0.2) is 0 Å². The molecule has 118 valence electrons. The molecule has 0 heterocycles. The first kappa shape index (κ1) is 24.0. The molecule has 0 radical (unpaired) electrons. The summed E-state index contributed by atoms with van der Waals surface area (Å²) in [6.45, 7) is 2.63. The number of carbonyl (C=O) groups excluding carboxylic acids is 1. The molecule has 0 saturated heterocycles. The van der Waals surface area contributed by atoms with Crippen LogP contribution >= 0.6 is 0 Å². The second kappa shape index (κ2) is 14.4. The van der Waals surface area contributed by atoms with E-state index in [2.05, 4.69) is 6.92 Å². The van der Waals surface area contributed by atoms with Crippen LogP contribution in [0, 0.1) is 0 Å². The van der Waals surface area contributed by atoms with Gasteiger partial charge in [-0.25, -0.2) is 8.42 Å². The summed E-state index contributed by atoms with van der Waals surface area (Å²) in [5.41, 5.74) is 0. The quantitative estimate of drug-likeness (QED) is 0.215. The molecule has 5 nitrogen and oxygen atoms in total. The Balaban J connectivity index is 0. The van der Waals surface area contributed by atoms with Crippen molar-refractivity contribution in [3.63, 3.8) is 0 Å². The summed E-state index contributed by atoms with van der Waals surface area (Å²) >= 11 is 0. The molecule has 0 aliphatic heterocycles. The molecule has 1 amide bonds. The molecular weight excluding hydrogens is 317 g/mol. The van der Waals surface area contributed by atoms with Crippen LogP contribution in [-0.2, 0) is 14.9 Å². The molecule has 0 fully saturated rings. The number of amides is 1. The van der Waals surface area contributed by atoms with Crippen molar-refractivity contribution >= 4 is 16.0 Å². The van der Waals surface area contributed by atoms with Gasteiger partial charge in [0.05, 0.1) is 10.1 Å². The Labute approximate surface area is 171 Å². The largest absolute Gasteiger partial charge is 1.00 e. The normalized spacial score (nSPS) is 11.4. The van der Waals surface area contributed by atoms with Gasteiger partial charge in [-0.2, -0.15) is 0 Å². The number of hydrogen-bond donors (Lipinski definition) is 0. The molecule has 0 unspecified atom stereocenters. The molecule has 0 aromatic rings. The maximum absolute atomic E-state index is 11.7. The summed E-state index contributed by atoms with van der Waals surface area (Å²) in [6, 6.07) is 0. The fourth-order valence-corrected chi connectivity index (χ4v) is 2.30. The first-order valence-corrected chi connectivity index (χ1v) is 8.79. The van der Waals surface area contributed by atoms with Crippen molar-refractivity contribution in [2.75, 3.05) is 19.3 Å². The van der Waals surface area contributed by atoms with Gasteiger partial charge in [0.1, 0.15) is 0 Å². The molecule has 0 aliphatic carbocycles. The van der Waals surface area contributed by atoms with Gasteiger partial charge in [-0.1, -0.05) is 32.3 Å². The van der Waals surface area contributed by atoms with Gasteiger partial charge in [0, 0.05) is 19.3 Å².